The molecule has 3 unspecified atom stereocenters. The standard InChI is InChI=1S/C45H46F3N7O8/c1-24(27-16-29(45(46,47)48)18-30(49)17-27)51-39-32-19-36(35(61-4)20-33(32)52-25(2)53-39)63-23-44(13-14-44)21-28(40(57)50-3)22-62-15-6-5-8-26-9-7-10-31-38(26)43(60)55(42(31)59)34-11-12-37(56)54-41(34)58/h7,9-10,16-20,24,28,34H,6,11-15,21-23,49H2,1-4H3,(H,50,57)(H,51,52,53)(H,54,56,58). The highest BCUT2D eigenvalue weighted by atomic mass is 19.4. The van der Waals surface area contributed by atoms with E-state index in [9.17, 15) is 37.1 Å². The molecule has 1 aromatic heterocycles. The third-order valence-corrected chi connectivity index (χ3v) is 11.4. The van der Waals surface area contributed by atoms with Crippen LogP contribution in [0.3, 0.4) is 0 Å². The number of hydrogen-bond acceptors (Lipinski definition) is 12. The Morgan fingerprint density at radius 2 is 1.86 bits per heavy atom. The number of piperidine rings is 1. The fourth-order valence-corrected chi connectivity index (χ4v) is 7.91. The van der Waals surface area contributed by atoms with Crippen molar-refractivity contribution in [2.75, 3.05) is 45.0 Å². The van der Waals surface area contributed by atoms with Crippen molar-refractivity contribution >= 4 is 51.9 Å². The summed E-state index contributed by atoms with van der Waals surface area (Å²) in [6.45, 7) is 3.96. The first-order valence-corrected chi connectivity index (χ1v) is 20.4. The van der Waals surface area contributed by atoms with Crippen molar-refractivity contribution in [3.63, 3.8) is 0 Å². The van der Waals surface area contributed by atoms with Crippen LogP contribution in [0.15, 0.2) is 48.5 Å². The Hall–Kier alpha value is -6.74. The third kappa shape index (κ3) is 9.68. The number of halogens is 3. The number of imide groups is 2. The van der Waals surface area contributed by atoms with E-state index in [4.69, 9.17) is 19.9 Å². The summed E-state index contributed by atoms with van der Waals surface area (Å²) < 4.78 is 58.7. The number of carbonyl (C=O) groups is 5. The van der Waals surface area contributed by atoms with Crippen LogP contribution in [-0.2, 0) is 25.3 Å². The Kier molecular flexibility index (Phi) is 12.6. The van der Waals surface area contributed by atoms with Crippen molar-refractivity contribution in [3.8, 4) is 23.3 Å². The van der Waals surface area contributed by atoms with Gasteiger partial charge in [-0.15, -0.1) is 0 Å². The molecule has 7 rings (SSSR count). The summed E-state index contributed by atoms with van der Waals surface area (Å²) in [6, 6.07) is 9.88. The van der Waals surface area contributed by atoms with Gasteiger partial charge in [0.05, 0.1) is 61.1 Å². The number of rotatable bonds is 15. The number of amides is 5. The fourth-order valence-electron chi connectivity index (χ4n) is 7.91. The van der Waals surface area contributed by atoms with Crippen LogP contribution in [0.25, 0.3) is 10.9 Å². The van der Waals surface area contributed by atoms with E-state index in [1.807, 2.05) is 0 Å². The van der Waals surface area contributed by atoms with Crippen LogP contribution in [0.5, 0.6) is 11.5 Å². The number of nitrogens with zero attached hydrogens (tertiary/aromatic N) is 3. The average Bonchev–Trinajstić information content (AvgIpc) is 3.96. The lowest BCUT2D eigenvalue weighted by Gasteiger charge is -2.27. The van der Waals surface area contributed by atoms with Gasteiger partial charge in [-0.3, -0.25) is 34.2 Å². The molecule has 2 fully saturated rings. The van der Waals surface area contributed by atoms with Gasteiger partial charge in [0.2, 0.25) is 17.7 Å². The highest BCUT2D eigenvalue weighted by Gasteiger charge is 2.47. The van der Waals surface area contributed by atoms with Gasteiger partial charge >= 0.3 is 6.18 Å². The highest BCUT2D eigenvalue weighted by molar-refractivity contribution is 6.24. The molecule has 63 heavy (non-hydrogen) atoms. The number of aryl methyl sites for hydroxylation is 1. The Labute approximate surface area is 360 Å². The van der Waals surface area contributed by atoms with E-state index < -0.39 is 53.4 Å². The highest BCUT2D eigenvalue weighted by Crippen LogP contribution is 2.51. The first kappa shape index (κ1) is 44.3. The molecule has 18 heteroatoms. The predicted molar refractivity (Wildman–Crippen MR) is 223 cm³/mol. The molecule has 5 amide bonds. The first-order chi connectivity index (χ1) is 30.0. The Morgan fingerprint density at radius 1 is 1.08 bits per heavy atom. The maximum absolute atomic E-state index is 13.6. The van der Waals surface area contributed by atoms with Gasteiger partial charge in [-0.2, -0.15) is 13.2 Å². The van der Waals surface area contributed by atoms with Crippen molar-refractivity contribution in [2.45, 2.75) is 70.6 Å². The number of aromatic nitrogens is 2. The van der Waals surface area contributed by atoms with Crippen LogP contribution < -0.4 is 31.2 Å². The molecule has 3 heterocycles. The number of nitrogens with two attached hydrogens (primary N) is 1. The molecule has 0 radical (unpaired) electrons. The van der Waals surface area contributed by atoms with Crippen LogP contribution in [0, 0.1) is 30.1 Å². The second kappa shape index (κ2) is 17.9. The van der Waals surface area contributed by atoms with Crippen molar-refractivity contribution < 1.29 is 51.4 Å². The van der Waals surface area contributed by atoms with Crippen LogP contribution in [0.4, 0.5) is 24.7 Å². The van der Waals surface area contributed by atoms with Gasteiger partial charge in [-0.25, -0.2) is 9.97 Å². The lowest BCUT2D eigenvalue weighted by Crippen LogP contribution is -2.54. The maximum Gasteiger partial charge on any atom is 0.416 e. The molecular weight excluding hydrogens is 824 g/mol. The number of alkyl halides is 3. The summed E-state index contributed by atoms with van der Waals surface area (Å²) in [6.07, 6.45) is -2.18. The van der Waals surface area contributed by atoms with Crippen LogP contribution >= 0.6 is 0 Å². The van der Waals surface area contributed by atoms with E-state index in [-0.39, 0.29) is 67.2 Å². The lowest BCUT2D eigenvalue weighted by atomic mass is 9.92. The zero-order valence-corrected chi connectivity index (χ0v) is 35.0. The normalized spacial score (nSPS) is 17.6. The van der Waals surface area contributed by atoms with Gasteiger partial charge in [0.1, 0.15) is 17.7 Å². The first-order valence-electron chi connectivity index (χ1n) is 20.4. The van der Waals surface area contributed by atoms with Gasteiger partial charge < -0.3 is 30.6 Å². The minimum Gasteiger partial charge on any atom is -0.493 e. The van der Waals surface area contributed by atoms with Gasteiger partial charge in [-0.05, 0) is 81.5 Å². The number of fused-ring (bicyclic) bond motifs is 2. The van der Waals surface area contributed by atoms with E-state index in [1.165, 1.54) is 19.2 Å². The van der Waals surface area contributed by atoms with Crippen LogP contribution in [-0.4, -0.2) is 84.4 Å². The van der Waals surface area contributed by atoms with Crippen LogP contribution in [0.1, 0.15) is 94.7 Å². The predicted octanol–water partition coefficient (Wildman–Crippen LogP) is 5.49. The number of methoxy groups -OCH3 is 1. The van der Waals surface area contributed by atoms with Crippen molar-refractivity contribution in [2.24, 2.45) is 11.3 Å². The molecule has 2 aliphatic heterocycles. The Bertz CT molecular complexity index is 2570. The second-order valence-corrected chi connectivity index (χ2v) is 16.0. The summed E-state index contributed by atoms with van der Waals surface area (Å²) in [5.41, 5.74) is 6.06. The lowest BCUT2D eigenvalue weighted by molar-refractivity contribution is -0.138. The maximum atomic E-state index is 13.6. The zero-order chi connectivity index (χ0) is 45.2. The summed E-state index contributed by atoms with van der Waals surface area (Å²) >= 11 is 0. The number of benzene rings is 3. The van der Waals surface area contributed by atoms with Gasteiger partial charge in [0.25, 0.3) is 11.8 Å². The van der Waals surface area contributed by atoms with Gasteiger partial charge in [0, 0.05) is 48.0 Å². The smallest absolute Gasteiger partial charge is 0.416 e. The number of carbonyl (C=O) groups excluding carboxylic acids is 5. The van der Waals surface area contributed by atoms with E-state index >= 15 is 0 Å². The molecule has 3 atom stereocenters. The molecule has 3 aromatic carbocycles. The molecule has 1 saturated heterocycles. The largest absolute Gasteiger partial charge is 0.493 e. The number of nitrogen functional groups attached to an aromatic ring is 1. The molecular formula is C45H46F3N7O8. The fraction of sp³-hybridized carbons (Fsp3) is 0.400. The number of nitrogens with one attached hydrogen (secondary N) is 3. The molecule has 1 saturated carbocycles. The van der Waals surface area contributed by atoms with E-state index in [0.29, 0.717) is 51.6 Å². The molecule has 330 valence electrons. The molecule has 5 N–H and O–H groups in total. The monoisotopic (exact) mass is 869 g/mol. The molecule has 0 bridgehead atoms. The van der Waals surface area contributed by atoms with E-state index in [2.05, 4.69) is 37.8 Å². The molecule has 4 aromatic rings. The molecule has 15 nitrogen and oxygen atoms in total. The zero-order valence-electron chi connectivity index (χ0n) is 35.0. The van der Waals surface area contributed by atoms with Gasteiger partial charge in [0.15, 0.2) is 11.5 Å². The SMILES string of the molecule is CNC(=O)C(COCCC#Cc1cccc2c1C(=O)N(C1CCC(=O)NC1=O)C2=O)CC1(COc2cc3c(NC(C)c4cc(N)cc(C(F)(F)F)c4)nc(C)nc3cc2OC)CC1. The van der Waals surface area contributed by atoms with Crippen molar-refractivity contribution in [1.29, 1.82) is 0 Å². The number of ether oxygens (including phenoxy) is 3. The van der Waals surface area contributed by atoms with Crippen molar-refractivity contribution in [3.05, 3.63) is 82.2 Å². The number of hydrogen-bond donors (Lipinski definition) is 4. The average molecular weight is 870 g/mol. The third-order valence-electron chi connectivity index (χ3n) is 11.4. The summed E-state index contributed by atoms with van der Waals surface area (Å²) in [7, 11) is 3.06. The summed E-state index contributed by atoms with van der Waals surface area (Å²) in [4.78, 5) is 73.7. The quantitative estimate of drug-likeness (QED) is 0.0507. The van der Waals surface area contributed by atoms with Crippen LogP contribution in [0.2, 0.25) is 0 Å². The Balaban J connectivity index is 0.982. The second-order valence-electron chi connectivity index (χ2n) is 16.0. The van der Waals surface area contributed by atoms with Gasteiger partial charge in [-0.1, -0.05) is 17.9 Å². The minimum absolute atomic E-state index is 0.0136. The topological polar surface area (TPSA) is 204 Å². The molecule has 1 aliphatic carbocycles. The molecule has 0 spiro atoms. The van der Waals surface area contributed by atoms with E-state index in [1.54, 1.807) is 45.2 Å². The minimum atomic E-state index is -4.57. The summed E-state index contributed by atoms with van der Waals surface area (Å²) in [5.74, 6) is 4.43. The van der Waals surface area contributed by atoms with Crippen molar-refractivity contribution in [1.82, 2.24) is 25.5 Å². The van der Waals surface area contributed by atoms with E-state index in [0.717, 1.165) is 29.9 Å². The Morgan fingerprint density at radius 3 is 2.56 bits per heavy atom. The summed E-state index contributed by atoms with van der Waals surface area (Å²) in [5, 5.41) is 8.68. The number of anilines is 2. The molecule has 3 aliphatic rings.